The van der Waals surface area contributed by atoms with Gasteiger partial charge < -0.3 is 4.74 Å². The lowest BCUT2D eigenvalue weighted by Crippen LogP contribution is -2.17. The monoisotopic (exact) mass is 307 g/mol. The highest BCUT2D eigenvalue weighted by molar-refractivity contribution is 5.61. The number of ether oxygens (including phenoxy) is 1. The van der Waals surface area contributed by atoms with E-state index in [9.17, 15) is 26.3 Å². The van der Waals surface area contributed by atoms with Crippen molar-refractivity contribution in [3.63, 3.8) is 0 Å². The molecule has 0 amide bonds. The molecule has 2 rings (SSSR count). The molecule has 0 saturated heterocycles. The zero-order valence-corrected chi connectivity index (χ0v) is 10.2. The molecule has 0 atom stereocenters. The third-order valence-corrected chi connectivity index (χ3v) is 2.45. The minimum Gasteiger partial charge on any atom is -0.406 e. The van der Waals surface area contributed by atoms with Crippen molar-refractivity contribution in [3.05, 3.63) is 48.2 Å². The number of alkyl halides is 6. The van der Waals surface area contributed by atoms with Crippen molar-refractivity contribution in [1.82, 2.24) is 4.98 Å². The van der Waals surface area contributed by atoms with E-state index in [0.29, 0.717) is 6.20 Å². The minimum atomic E-state index is -4.84. The van der Waals surface area contributed by atoms with Crippen LogP contribution in [0.3, 0.4) is 0 Å². The van der Waals surface area contributed by atoms with E-state index >= 15 is 0 Å². The van der Waals surface area contributed by atoms with Gasteiger partial charge in [0.1, 0.15) is 5.75 Å². The van der Waals surface area contributed by atoms with Crippen molar-refractivity contribution in [2.75, 3.05) is 0 Å². The van der Waals surface area contributed by atoms with E-state index in [1.165, 1.54) is 12.1 Å². The summed E-state index contributed by atoms with van der Waals surface area (Å²) in [6.45, 7) is 0. The molecule has 0 aliphatic rings. The summed E-state index contributed by atoms with van der Waals surface area (Å²) in [4.78, 5) is 3.60. The number of nitrogens with zero attached hydrogens (tertiary/aromatic N) is 1. The second-order valence-electron chi connectivity index (χ2n) is 4.01. The normalized spacial score (nSPS) is 12.3. The van der Waals surface area contributed by atoms with E-state index in [0.717, 1.165) is 24.3 Å². The van der Waals surface area contributed by atoms with E-state index in [4.69, 9.17) is 0 Å². The summed E-state index contributed by atoms with van der Waals surface area (Å²) in [7, 11) is 0. The topological polar surface area (TPSA) is 22.1 Å². The van der Waals surface area contributed by atoms with Crippen LogP contribution in [0.1, 0.15) is 5.56 Å². The highest BCUT2D eigenvalue weighted by Gasteiger charge is 2.32. The fraction of sp³-hybridized carbons (Fsp3) is 0.154. The van der Waals surface area contributed by atoms with Crippen LogP contribution >= 0.6 is 0 Å². The number of rotatable bonds is 2. The van der Waals surface area contributed by atoms with Crippen LogP contribution in [-0.4, -0.2) is 11.3 Å². The number of benzene rings is 1. The lowest BCUT2D eigenvalue weighted by atomic mass is 10.1. The molecule has 8 heteroatoms. The van der Waals surface area contributed by atoms with E-state index in [-0.39, 0.29) is 11.3 Å². The van der Waals surface area contributed by atoms with Crippen molar-refractivity contribution >= 4 is 0 Å². The van der Waals surface area contributed by atoms with E-state index in [2.05, 4.69) is 9.72 Å². The van der Waals surface area contributed by atoms with Gasteiger partial charge in [-0.15, -0.1) is 13.2 Å². The maximum absolute atomic E-state index is 12.4. The molecule has 112 valence electrons. The Morgan fingerprint density at radius 1 is 0.905 bits per heavy atom. The Morgan fingerprint density at radius 2 is 1.62 bits per heavy atom. The first-order chi connectivity index (χ1) is 9.65. The predicted octanol–water partition coefficient (Wildman–Crippen LogP) is 4.67. The molecule has 0 bridgehead atoms. The molecule has 0 aliphatic carbocycles. The lowest BCUT2D eigenvalue weighted by Gasteiger charge is -2.10. The number of hydrogen-bond acceptors (Lipinski definition) is 2. The average Bonchev–Trinajstić information content (AvgIpc) is 2.36. The molecular formula is C13H7F6NO. The van der Waals surface area contributed by atoms with Crippen LogP contribution in [0.15, 0.2) is 42.6 Å². The Morgan fingerprint density at radius 3 is 2.14 bits per heavy atom. The largest absolute Gasteiger partial charge is 0.573 e. The Labute approximate surface area is 115 Å². The molecule has 0 spiro atoms. The van der Waals surface area contributed by atoms with Crippen LogP contribution in [0, 0.1) is 0 Å². The molecule has 0 radical (unpaired) electrons. The van der Waals surface area contributed by atoms with Crippen LogP contribution in [0.4, 0.5) is 26.3 Å². The van der Waals surface area contributed by atoms with Crippen LogP contribution in [0.2, 0.25) is 0 Å². The van der Waals surface area contributed by atoms with Crippen LogP contribution in [0.5, 0.6) is 5.75 Å². The van der Waals surface area contributed by atoms with Crippen LogP contribution < -0.4 is 4.74 Å². The highest BCUT2D eigenvalue weighted by atomic mass is 19.4. The molecule has 0 N–H and O–H groups in total. The minimum absolute atomic E-state index is 0.107. The molecule has 21 heavy (non-hydrogen) atoms. The zero-order chi connectivity index (χ0) is 15.7. The van der Waals surface area contributed by atoms with Crippen molar-refractivity contribution in [2.24, 2.45) is 0 Å². The molecule has 2 nitrogen and oxygen atoms in total. The maximum atomic E-state index is 12.4. The van der Waals surface area contributed by atoms with Gasteiger partial charge in [0, 0.05) is 11.8 Å². The zero-order valence-electron chi connectivity index (χ0n) is 10.2. The van der Waals surface area contributed by atoms with Gasteiger partial charge in [-0.25, -0.2) is 0 Å². The number of halogens is 6. The van der Waals surface area contributed by atoms with Gasteiger partial charge in [-0.05, 0) is 24.3 Å². The number of hydrogen-bond donors (Lipinski definition) is 0. The smallest absolute Gasteiger partial charge is 0.406 e. The first-order valence-corrected chi connectivity index (χ1v) is 5.54. The van der Waals surface area contributed by atoms with Gasteiger partial charge in [0.2, 0.25) is 0 Å². The Bertz CT molecular complexity index is 618. The number of pyridine rings is 1. The lowest BCUT2D eigenvalue weighted by molar-refractivity contribution is -0.274. The van der Waals surface area contributed by atoms with E-state index in [1.54, 1.807) is 0 Å². The van der Waals surface area contributed by atoms with Gasteiger partial charge in [0.05, 0.1) is 11.3 Å². The van der Waals surface area contributed by atoms with E-state index < -0.39 is 23.9 Å². The summed E-state index contributed by atoms with van der Waals surface area (Å²) in [5, 5.41) is 0. The second-order valence-corrected chi connectivity index (χ2v) is 4.01. The fourth-order valence-corrected chi connectivity index (χ4v) is 1.58. The maximum Gasteiger partial charge on any atom is 0.573 e. The van der Waals surface area contributed by atoms with Crippen LogP contribution in [0.25, 0.3) is 11.3 Å². The Balaban J connectivity index is 2.28. The van der Waals surface area contributed by atoms with Crippen molar-refractivity contribution in [2.45, 2.75) is 12.5 Å². The molecule has 0 fully saturated rings. The average molecular weight is 307 g/mol. The summed E-state index contributed by atoms with van der Waals surface area (Å²) >= 11 is 0. The van der Waals surface area contributed by atoms with Crippen molar-refractivity contribution in [1.29, 1.82) is 0 Å². The van der Waals surface area contributed by atoms with Gasteiger partial charge in [-0.2, -0.15) is 13.2 Å². The van der Waals surface area contributed by atoms with Gasteiger partial charge in [-0.1, -0.05) is 12.1 Å². The summed E-state index contributed by atoms with van der Waals surface area (Å²) in [6.07, 6.45) is -8.74. The van der Waals surface area contributed by atoms with Gasteiger partial charge >= 0.3 is 12.5 Å². The molecule has 1 heterocycles. The predicted molar refractivity (Wildman–Crippen MR) is 61.4 cm³/mol. The second kappa shape index (κ2) is 5.27. The van der Waals surface area contributed by atoms with Crippen molar-refractivity contribution in [3.8, 4) is 17.0 Å². The van der Waals surface area contributed by atoms with Gasteiger partial charge in [0.15, 0.2) is 0 Å². The molecule has 1 aromatic heterocycles. The first-order valence-electron chi connectivity index (χ1n) is 5.54. The third-order valence-electron chi connectivity index (χ3n) is 2.45. The van der Waals surface area contributed by atoms with Gasteiger partial charge in [-0.3, -0.25) is 4.98 Å². The summed E-state index contributed by atoms with van der Waals surface area (Å²) in [5.41, 5.74) is -0.616. The summed E-state index contributed by atoms with van der Waals surface area (Å²) in [6, 6.07) is 6.72. The molecule has 0 unspecified atom stereocenters. The highest BCUT2D eigenvalue weighted by Crippen LogP contribution is 2.31. The Kier molecular flexibility index (Phi) is 3.80. The molecule has 2 aromatic rings. The standard InChI is InChI=1S/C13H7F6NO/c14-12(15,16)9-4-5-11(20-7-9)8-2-1-3-10(6-8)21-13(17,18)19/h1-7H. The molecular weight excluding hydrogens is 300 g/mol. The summed E-state index contributed by atoms with van der Waals surface area (Å²) < 4.78 is 77.2. The fourth-order valence-electron chi connectivity index (χ4n) is 1.58. The summed E-state index contributed by atoms with van der Waals surface area (Å²) in [5.74, 6) is -0.471. The van der Waals surface area contributed by atoms with E-state index in [1.807, 2.05) is 0 Å². The first kappa shape index (κ1) is 15.1. The van der Waals surface area contributed by atoms with Crippen LogP contribution in [-0.2, 0) is 6.18 Å². The Hall–Kier alpha value is -2.25. The van der Waals surface area contributed by atoms with Gasteiger partial charge in [0.25, 0.3) is 0 Å². The SMILES string of the molecule is FC(F)(F)Oc1cccc(-c2ccc(C(F)(F)F)cn2)c1. The molecule has 0 saturated carbocycles. The third kappa shape index (κ3) is 4.11. The quantitative estimate of drug-likeness (QED) is 0.752. The van der Waals surface area contributed by atoms with Crippen molar-refractivity contribution < 1.29 is 31.1 Å². The number of aromatic nitrogens is 1. The molecule has 0 aliphatic heterocycles. The molecule has 1 aromatic carbocycles.